The van der Waals surface area contributed by atoms with E-state index in [1.807, 2.05) is 19.2 Å². The van der Waals surface area contributed by atoms with Crippen LogP contribution in [0.15, 0.2) is 29.3 Å². The summed E-state index contributed by atoms with van der Waals surface area (Å²) in [6.45, 7) is 8.80. The van der Waals surface area contributed by atoms with Gasteiger partial charge in [-0.05, 0) is 56.8 Å². The summed E-state index contributed by atoms with van der Waals surface area (Å²) < 4.78 is 0. The van der Waals surface area contributed by atoms with Gasteiger partial charge >= 0.3 is 0 Å². The van der Waals surface area contributed by atoms with Crippen molar-refractivity contribution in [2.24, 2.45) is 10.9 Å². The van der Waals surface area contributed by atoms with Crippen molar-refractivity contribution in [3.63, 3.8) is 0 Å². The Hall–Kier alpha value is -1.26. The maximum Gasteiger partial charge on any atom is 0.193 e. The largest absolute Gasteiger partial charge is 0.356 e. The maximum absolute atomic E-state index is 5.95. The Morgan fingerprint density at radius 1 is 1.38 bits per heavy atom. The molecule has 1 atom stereocenters. The number of aliphatic imine (C=N–C) groups is 1. The van der Waals surface area contributed by atoms with Crippen LogP contribution >= 0.6 is 11.6 Å². The summed E-state index contributed by atoms with van der Waals surface area (Å²) >= 11 is 5.95. The van der Waals surface area contributed by atoms with Gasteiger partial charge in [0.25, 0.3) is 0 Å². The van der Waals surface area contributed by atoms with E-state index >= 15 is 0 Å². The van der Waals surface area contributed by atoms with Gasteiger partial charge in [0.1, 0.15) is 0 Å². The molecule has 4 nitrogen and oxygen atoms in total. The van der Waals surface area contributed by atoms with E-state index in [4.69, 9.17) is 11.6 Å². The van der Waals surface area contributed by atoms with Gasteiger partial charge in [0.05, 0.1) is 0 Å². The number of rotatable bonds is 5. The van der Waals surface area contributed by atoms with Crippen molar-refractivity contribution in [2.75, 3.05) is 33.7 Å². The van der Waals surface area contributed by atoms with Crippen LogP contribution in [0.4, 0.5) is 0 Å². The summed E-state index contributed by atoms with van der Waals surface area (Å²) in [7, 11) is 3.92. The molecule has 1 unspecified atom stereocenters. The van der Waals surface area contributed by atoms with Gasteiger partial charge in [-0.25, -0.2) is 0 Å². The summed E-state index contributed by atoms with van der Waals surface area (Å²) in [6.07, 6.45) is 2.60. The molecule has 134 valence electrons. The smallest absolute Gasteiger partial charge is 0.193 e. The molecular weight excluding hydrogens is 320 g/mol. The lowest BCUT2D eigenvalue weighted by atomic mass is 9.97. The third-order valence-corrected chi connectivity index (χ3v) is 4.99. The van der Waals surface area contributed by atoms with Crippen LogP contribution < -0.4 is 5.32 Å². The van der Waals surface area contributed by atoms with Crippen LogP contribution in [-0.4, -0.2) is 55.5 Å². The normalized spacial score (nSPS) is 19.6. The minimum atomic E-state index is 0.639. The van der Waals surface area contributed by atoms with E-state index in [0.717, 1.165) is 24.1 Å². The lowest BCUT2D eigenvalue weighted by Gasteiger charge is -2.36. The van der Waals surface area contributed by atoms with Gasteiger partial charge in [-0.3, -0.25) is 4.99 Å². The van der Waals surface area contributed by atoms with Crippen molar-refractivity contribution in [3.05, 3.63) is 34.9 Å². The predicted molar refractivity (Wildman–Crippen MR) is 104 cm³/mol. The van der Waals surface area contributed by atoms with Crippen molar-refractivity contribution < 1.29 is 0 Å². The first-order valence-corrected chi connectivity index (χ1v) is 9.27. The Kier molecular flexibility index (Phi) is 7.38. The first kappa shape index (κ1) is 19.1. The molecule has 1 aliphatic rings. The standard InChI is InChI=1S/C19H31ClN4/c1-15(2)24-11-5-6-17(14-24)12-22-19(21-3)23(4)13-16-7-9-18(20)10-8-16/h7-10,15,17H,5-6,11-14H2,1-4H3,(H,21,22). The van der Waals surface area contributed by atoms with Crippen LogP contribution in [0.25, 0.3) is 0 Å². The topological polar surface area (TPSA) is 30.9 Å². The fourth-order valence-electron chi connectivity index (χ4n) is 3.29. The molecule has 1 N–H and O–H groups in total. The predicted octanol–water partition coefficient (Wildman–Crippen LogP) is 3.47. The molecule has 1 heterocycles. The Balaban J connectivity index is 1.84. The molecule has 0 bridgehead atoms. The van der Waals surface area contributed by atoms with Crippen molar-refractivity contribution >= 4 is 17.6 Å². The highest BCUT2D eigenvalue weighted by Crippen LogP contribution is 2.18. The highest BCUT2D eigenvalue weighted by atomic mass is 35.5. The van der Waals surface area contributed by atoms with E-state index in [1.54, 1.807) is 0 Å². The Labute approximate surface area is 151 Å². The van der Waals surface area contributed by atoms with Gasteiger partial charge < -0.3 is 15.1 Å². The van der Waals surface area contributed by atoms with Crippen LogP contribution in [0.2, 0.25) is 5.02 Å². The van der Waals surface area contributed by atoms with E-state index in [1.165, 1.54) is 31.5 Å². The third kappa shape index (κ3) is 5.67. The maximum atomic E-state index is 5.95. The summed E-state index contributed by atoms with van der Waals surface area (Å²) in [5.41, 5.74) is 1.23. The van der Waals surface area contributed by atoms with Crippen LogP contribution in [-0.2, 0) is 6.54 Å². The van der Waals surface area contributed by atoms with Crippen molar-refractivity contribution in [2.45, 2.75) is 39.3 Å². The number of nitrogens with one attached hydrogen (secondary N) is 1. The molecule has 24 heavy (non-hydrogen) atoms. The summed E-state index contributed by atoms with van der Waals surface area (Å²) in [5.74, 6) is 1.65. The van der Waals surface area contributed by atoms with Crippen LogP contribution in [0.3, 0.4) is 0 Å². The minimum Gasteiger partial charge on any atom is -0.356 e. The van der Waals surface area contributed by atoms with E-state index < -0.39 is 0 Å². The highest BCUT2D eigenvalue weighted by Gasteiger charge is 2.22. The molecule has 1 saturated heterocycles. The Bertz CT molecular complexity index is 527. The monoisotopic (exact) mass is 350 g/mol. The molecule has 2 rings (SSSR count). The molecule has 1 aromatic rings. The Morgan fingerprint density at radius 2 is 2.08 bits per heavy atom. The Morgan fingerprint density at radius 3 is 2.71 bits per heavy atom. The lowest BCUT2D eigenvalue weighted by Crippen LogP contribution is -2.46. The molecule has 0 radical (unpaired) electrons. The fourth-order valence-corrected chi connectivity index (χ4v) is 3.42. The average molecular weight is 351 g/mol. The molecule has 0 saturated carbocycles. The highest BCUT2D eigenvalue weighted by molar-refractivity contribution is 6.30. The molecule has 1 fully saturated rings. The zero-order valence-corrected chi connectivity index (χ0v) is 16.2. The number of likely N-dealkylation sites (tertiary alicyclic amines) is 1. The zero-order valence-electron chi connectivity index (χ0n) is 15.4. The van der Waals surface area contributed by atoms with Gasteiger partial charge in [0.15, 0.2) is 5.96 Å². The number of nitrogens with zero attached hydrogens (tertiary/aromatic N) is 3. The molecule has 0 spiro atoms. The molecule has 0 aliphatic carbocycles. The van der Waals surface area contributed by atoms with Gasteiger partial charge in [-0.2, -0.15) is 0 Å². The van der Waals surface area contributed by atoms with Crippen molar-refractivity contribution in [3.8, 4) is 0 Å². The molecule has 1 aliphatic heterocycles. The van der Waals surface area contributed by atoms with Gasteiger partial charge in [-0.15, -0.1) is 0 Å². The number of hydrogen-bond donors (Lipinski definition) is 1. The van der Waals surface area contributed by atoms with E-state index in [0.29, 0.717) is 12.0 Å². The number of piperidine rings is 1. The zero-order chi connectivity index (χ0) is 17.5. The second-order valence-electron chi connectivity index (χ2n) is 7.01. The first-order valence-electron chi connectivity index (χ1n) is 8.90. The van der Waals surface area contributed by atoms with Crippen molar-refractivity contribution in [1.82, 2.24) is 15.1 Å². The van der Waals surface area contributed by atoms with Gasteiger partial charge in [-0.1, -0.05) is 23.7 Å². The minimum absolute atomic E-state index is 0.639. The third-order valence-electron chi connectivity index (χ3n) is 4.74. The van der Waals surface area contributed by atoms with Crippen molar-refractivity contribution in [1.29, 1.82) is 0 Å². The second-order valence-corrected chi connectivity index (χ2v) is 7.44. The van der Waals surface area contributed by atoms with Crippen LogP contribution in [0.1, 0.15) is 32.3 Å². The number of halogens is 1. The first-order chi connectivity index (χ1) is 11.5. The fraction of sp³-hybridized carbons (Fsp3) is 0.632. The lowest BCUT2D eigenvalue weighted by molar-refractivity contribution is 0.140. The molecular formula is C19H31ClN4. The summed E-state index contributed by atoms with van der Waals surface area (Å²) in [4.78, 5) is 9.17. The van der Waals surface area contributed by atoms with E-state index in [9.17, 15) is 0 Å². The average Bonchev–Trinajstić information content (AvgIpc) is 2.57. The van der Waals surface area contributed by atoms with Gasteiger partial charge in [0.2, 0.25) is 0 Å². The number of guanidine groups is 1. The molecule has 5 heteroatoms. The second kappa shape index (κ2) is 9.28. The van der Waals surface area contributed by atoms with Crippen LogP contribution in [0, 0.1) is 5.92 Å². The SMILES string of the molecule is CN=C(NCC1CCCN(C(C)C)C1)N(C)Cc1ccc(Cl)cc1. The molecule has 1 aromatic carbocycles. The summed E-state index contributed by atoms with van der Waals surface area (Å²) in [6, 6.07) is 8.63. The van der Waals surface area contributed by atoms with Gasteiger partial charge in [0, 0.05) is 44.8 Å². The van der Waals surface area contributed by atoms with Crippen LogP contribution in [0.5, 0.6) is 0 Å². The number of hydrogen-bond acceptors (Lipinski definition) is 2. The number of benzene rings is 1. The molecule has 0 aromatic heterocycles. The molecule has 0 amide bonds. The quantitative estimate of drug-likeness (QED) is 0.651. The summed E-state index contributed by atoms with van der Waals surface area (Å²) in [5, 5.41) is 4.33. The van der Waals surface area contributed by atoms with E-state index in [2.05, 4.69) is 53.1 Å². The van der Waals surface area contributed by atoms with E-state index in [-0.39, 0.29) is 0 Å².